The van der Waals surface area contributed by atoms with Crippen molar-refractivity contribution in [3.8, 4) is 5.82 Å². The fraction of sp³-hybridized carbons (Fsp3) is 0.263. The molecule has 0 atom stereocenters. The van der Waals surface area contributed by atoms with Gasteiger partial charge in [-0.25, -0.2) is 14.6 Å². The fourth-order valence-corrected chi connectivity index (χ4v) is 3.53. The molecule has 4 heterocycles. The first-order valence-electron chi connectivity index (χ1n) is 9.07. The van der Waals surface area contributed by atoms with Crippen LogP contribution in [0.25, 0.3) is 16.9 Å². The van der Waals surface area contributed by atoms with Crippen LogP contribution in [0.3, 0.4) is 0 Å². The summed E-state index contributed by atoms with van der Waals surface area (Å²) >= 11 is 6.04. The third kappa shape index (κ3) is 3.16. The van der Waals surface area contributed by atoms with E-state index in [1.807, 2.05) is 37.4 Å². The number of nitrogens with zero attached hydrogens (tertiary/aromatic N) is 7. The Morgan fingerprint density at radius 2 is 1.75 bits per heavy atom. The van der Waals surface area contributed by atoms with Gasteiger partial charge in [-0.15, -0.1) is 0 Å². The van der Waals surface area contributed by atoms with Crippen molar-refractivity contribution in [2.75, 3.05) is 36.0 Å². The molecule has 5 rings (SSSR count). The molecule has 0 radical (unpaired) electrons. The quantitative estimate of drug-likeness (QED) is 0.527. The molecule has 0 bridgehead atoms. The predicted octanol–water partition coefficient (Wildman–Crippen LogP) is 3.09. The molecule has 3 aromatic heterocycles. The van der Waals surface area contributed by atoms with Gasteiger partial charge in [0, 0.05) is 55.7 Å². The lowest BCUT2D eigenvalue weighted by atomic mass is 10.3. The lowest BCUT2D eigenvalue weighted by Gasteiger charge is -2.34. The molecule has 1 aliphatic rings. The zero-order valence-corrected chi connectivity index (χ0v) is 16.0. The number of hydrogen-bond donors (Lipinski definition) is 0. The molecule has 9 heteroatoms. The molecule has 1 aromatic carbocycles. The lowest BCUT2D eigenvalue weighted by molar-refractivity contribution is 0.540. The van der Waals surface area contributed by atoms with Crippen molar-refractivity contribution in [1.82, 2.24) is 24.7 Å². The molecule has 1 aliphatic heterocycles. The number of anilines is 2. The molecule has 1 saturated heterocycles. The Kier molecular flexibility index (Phi) is 4.12. The fourth-order valence-electron chi connectivity index (χ4n) is 3.37. The zero-order chi connectivity index (χ0) is 19.1. The van der Waals surface area contributed by atoms with Crippen molar-refractivity contribution >= 4 is 34.5 Å². The first kappa shape index (κ1) is 17.0. The van der Waals surface area contributed by atoms with E-state index < -0.39 is 0 Å². The number of aromatic nitrogens is 5. The maximum atomic E-state index is 6.04. The molecule has 0 saturated carbocycles. The third-order valence-corrected chi connectivity index (χ3v) is 5.00. The number of aryl methyl sites for hydroxylation is 1. The minimum Gasteiger partial charge on any atom is -0.423 e. The van der Waals surface area contributed by atoms with Gasteiger partial charge < -0.3 is 14.2 Å². The summed E-state index contributed by atoms with van der Waals surface area (Å²) < 4.78 is 7.64. The number of hydrogen-bond acceptors (Lipinski definition) is 7. The molecule has 1 fully saturated rings. The van der Waals surface area contributed by atoms with Crippen LogP contribution in [-0.2, 0) is 0 Å². The Labute approximate surface area is 166 Å². The molecule has 8 nitrogen and oxygen atoms in total. The lowest BCUT2D eigenvalue weighted by Crippen LogP contribution is -2.47. The van der Waals surface area contributed by atoms with Crippen LogP contribution in [0, 0.1) is 6.92 Å². The van der Waals surface area contributed by atoms with E-state index in [4.69, 9.17) is 16.0 Å². The van der Waals surface area contributed by atoms with E-state index in [0.29, 0.717) is 16.6 Å². The summed E-state index contributed by atoms with van der Waals surface area (Å²) in [6, 6.07) is 9.97. The average molecular weight is 396 g/mol. The Balaban J connectivity index is 1.34. The molecule has 0 spiro atoms. The van der Waals surface area contributed by atoms with Gasteiger partial charge >= 0.3 is 0 Å². The van der Waals surface area contributed by atoms with Gasteiger partial charge in [-0.1, -0.05) is 11.6 Å². The van der Waals surface area contributed by atoms with E-state index in [1.54, 1.807) is 16.9 Å². The van der Waals surface area contributed by atoms with Gasteiger partial charge in [0.15, 0.2) is 11.4 Å². The highest BCUT2D eigenvalue weighted by Crippen LogP contribution is 2.26. The van der Waals surface area contributed by atoms with Crippen molar-refractivity contribution in [2.45, 2.75) is 6.92 Å². The minimum absolute atomic E-state index is 0.632. The molecular formula is C19H18ClN7O. The average Bonchev–Trinajstić information content (AvgIpc) is 3.37. The Bertz CT molecular complexity index is 1120. The normalized spacial score (nSPS) is 14.8. The van der Waals surface area contributed by atoms with Crippen LogP contribution in [0.5, 0.6) is 0 Å². The summed E-state index contributed by atoms with van der Waals surface area (Å²) in [6.07, 6.45) is 3.62. The summed E-state index contributed by atoms with van der Waals surface area (Å²) in [5.41, 5.74) is 1.53. The van der Waals surface area contributed by atoms with E-state index in [1.165, 1.54) is 0 Å². The summed E-state index contributed by atoms with van der Waals surface area (Å²) in [4.78, 5) is 18.1. The Morgan fingerprint density at radius 1 is 0.964 bits per heavy atom. The second-order valence-electron chi connectivity index (χ2n) is 6.66. The van der Waals surface area contributed by atoms with Crippen molar-refractivity contribution in [3.05, 3.63) is 53.6 Å². The van der Waals surface area contributed by atoms with Gasteiger partial charge in [-0.3, -0.25) is 0 Å². The second kappa shape index (κ2) is 6.79. The maximum absolute atomic E-state index is 6.04. The number of oxazole rings is 1. The van der Waals surface area contributed by atoms with Crippen LogP contribution in [0.2, 0.25) is 5.02 Å². The highest BCUT2D eigenvalue weighted by atomic mass is 35.5. The largest absolute Gasteiger partial charge is 0.423 e. The molecular weight excluding hydrogens is 378 g/mol. The first-order valence-corrected chi connectivity index (χ1v) is 9.45. The van der Waals surface area contributed by atoms with E-state index in [9.17, 15) is 0 Å². The summed E-state index contributed by atoms with van der Waals surface area (Å²) in [6.45, 7) is 5.11. The summed E-state index contributed by atoms with van der Waals surface area (Å²) in [7, 11) is 0. The molecule has 28 heavy (non-hydrogen) atoms. The van der Waals surface area contributed by atoms with E-state index in [-0.39, 0.29) is 0 Å². The van der Waals surface area contributed by atoms with Gasteiger partial charge in [-0.2, -0.15) is 10.1 Å². The molecule has 0 amide bonds. The smallest absolute Gasteiger partial charge is 0.298 e. The number of fused-ring (bicyclic) bond motifs is 1. The number of piperazine rings is 1. The SMILES string of the molecule is Cc1nc(N2CCN(c3nc4ccc(Cl)cc4o3)CC2)cc(-n2cccn2)n1. The zero-order valence-electron chi connectivity index (χ0n) is 15.3. The first-order chi connectivity index (χ1) is 13.7. The summed E-state index contributed by atoms with van der Waals surface area (Å²) in [5.74, 6) is 2.40. The minimum atomic E-state index is 0.632. The van der Waals surface area contributed by atoms with E-state index in [0.717, 1.165) is 49.2 Å². The second-order valence-corrected chi connectivity index (χ2v) is 7.10. The van der Waals surface area contributed by atoms with E-state index >= 15 is 0 Å². The molecule has 0 aliphatic carbocycles. The molecule has 0 N–H and O–H groups in total. The predicted molar refractivity (Wildman–Crippen MR) is 107 cm³/mol. The van der Waals surface area contributed by atoms with Crippen LogP contribution in [0.1, 0.15) is 5.82 Å². The van der Waals surface area contributed by atoms with Crippen molar-refractivity contribution in [1.29, 1.82) is 0 Å². The van der Waals surface area contributed by atoms with Gasteiger partial charge in [0.2, 0.25) is 0 Å². The van der Waals surface area contributed by atoms with Crippen LogP contribution >= 0.6 is 11.6 Å². The standard InChI is InChI=1S/C19H18ClN7O/c1-13-22-17(12-18(23-13)27-6-2-5-21-27)25-7-9-26(10-8-25)19-24-15-4-3-14(20)11-16(15)28-19/h2-6,11-12H,7-10H2,1H3. The number of rotatable bonds is 3. The maximum Gasteiger partial charge on any atom is 0.298 e. The van der Waals surface area contributed by atoms with Crippen LogP contribution in [-0.4, -0.2) is 50.9 Å². The van der Waals surface area contributed by atoms with Gasteiger partial charge in [0.05, 0.1) is 0 Å². The van der Waals surface area contributed by atoms with Gasteiger partial charge in [-0.05, 0) is 25.1 Å². The Hall–Kier alpha value is -3.13. The number of benzene rings is 1. The van der Waals surface area contributed by atoms with E-state index in [2.05, 4.69) is 29.9 Å². The van der Waals surface area contributed by atoms with Crippen molar-refractivity contribution in [2.24, 2.45) is 0 Å². The number of halogens is 1. The van der Waals surface area contributed by atoms with Crippen LogP contribution < -0.4 is 9.80 Å². The monoisotopic (exact) mass is 395 g/mol. The highest BCUT2D eigenvalue weighted by Gasteiger charge is 2.22. The van der Waals surface area contributed by atoms with Crippen molar-refractivity contribution < 1.29 is 4.42 Å². The van der Waals surface area contributed by atoms with Gasteiger partial charge in [0.25, 0.3) is 6.01 Å². The van der Waals surface area contributed by atoms with Crippen molar-refractivity contribution in [3.63, 3.8) is 0 Å². The molecule has 142 valence electrons. The molecule has 4 aromatic rings. The van der Waals surface area contributed by atoms with Gasteiger partial charge in [0.1, 0.15) is 17.2 Å². The highest BCUT2D eigenvalue weighted by molar-refractivity contribution is 6.31. The topological polar surface area (TPSA) is 76.1 Å². The Morgan fingerprint density at radius 3 is 2.54 bits per heavy atom. The third-order valence-electron chi connectivity index (χ3n) is 4.76. The van der Waals surface area contributed by atoms with Crippen LogP contribution in [0.4, 0.5) is 11.8 Å². The molecule has 0 unspecified atom stereocenters. The summed E-state index contributed by atoms with van der Waals surface area (Å²) in [5, 5.41) is 4.91. The van der Waals surface area contributed by atoms with Crippen LogP contribution in [0.15, 0.2) is 47.1 Å².